The minimum absolute atomic E-state index is 3.01. The third-order valence-electron chi connectivity index (χ3n) is 6.44. The van der Waals surface area contributed by atoms with Crippen LogP contribution in [0.2, 0.25) is 0 Å². The van der Waals surface area contributed by atoms with E-state index in [-0.39, 0.29) is 0 Å². The zero-order valence-electron chi connectivity index (χ0n) is 22.8. The van der Waals surface area contributed by atoms with Gasteiger partial charge in [-0.1, -0.05) is 0 Å². The van der Waals surface area contributed by atoms with Gasteiger partial charge in [-0.15, -0.1) is 0 Å². The molecule has 0 aliphatic rings. The Morgan fingerprint density at radius 3 is 0.519 bits per heavy atom. The molecule has 324 valence electrons. The highest BCUT2D eigenvalue weighted by Crippen LogP contribution is 2.69. The van der Waals surface area contributed by atoms with Crippen molar-refractivity contribution in [1.29, 1.82) is 0 Å². The van der Waals surface area contributed by atoms with E-state index in [1.54, 1.807) is 0 Å². The van der Waals surface area contributed by atoms with Gasteiger partial charge in [0.05, 0.1) is 0 Å². The van der Waals surface area contributed by atoms with E-state index < -0.39 is 110 Å². The van der Waals surface area contributed by atoms with Crippen molar-refractivity contribution in [3.8, 4) is 0 Å². The SMILES string of the molecule is O=CC(F)(C(F)(F)C(F)(F)C(F)(F)C(F)(F)C(F)(F)C(F)(F)C(F)(F)C(F)(F)C(F)(F)C(F)(F)C(F)(F)C(F)(F)C(F)(F)C(F)(F)C(F)(F)F)S(=O)(=O)O. The van der Waals surface area contributed by atoms with Crippen LogP contribution >= 0.6 is 0 Å². The van der Waals surface area contributed by atoms with Crippen molar-refractivity contribution in [1.82, 2.24) is 0 Å². The van der Waals surface area contributed by atoms with E-state index in [9.17, 15) is 154 Å². The summed E-state index contributed by atoms with van der Waals surface area (Å²) in [5.41, 5.74) is 0. The molecule has 0 radical (unpaired) electrons. The molecule has 0 aromatic heterocycles. The van der Waals surface area contributed by atoms with Gasteiger partial charge in [0.25, 0.3) is 0 Å². The Kier molecular flexibility index (Phi) is 11.6. The average molecular weight is 910 g/mol. The van der Waals surface area contributed by atoms with Gasteiger partial charge in [0, 0.05) is 0 Å². The second kappa shape index (κ2) is 12.2. The number of carbonyl (C=O) groups is 1. The highest BCUT2D eigenvalue weighted by atomic mass is 32.2. The summed E-state index contributed by atoms with van der Waals surface area (Å²) in [6.45, 7) is 0. The van der Waals surface area contributed by atoms with Crippen LogP contribution in [0.1, 0.15) is 0 Å². The Morgan fingerprint density at radius 1 is 0.278 bits per heavy atom. The zero-order chi connectivity index (χ0) is 45.2. The van der Waals surface area contributed by atoms with Gasteiger partial charge in [-0.2, -0.15) is 145 Å². The first kappa shape index (κ1) is 51.3. The molecule has 37 heteroatoms. The van der Waals surface area contributed by atoms with E-state index in [0.717, 1.165) is 0 Å². The molecule has 0 aromatic rings. The molecule has 0 aliphatic heterocycles. The van der Waals surface area contributed by atoms with Gasteiger partial charge in [-0.3, -0.25) is 9.35 Å². The van der Waals surface area contributed by atoms with Crippen molar-refractivity contribution in [2.75, 3.05) is 0 Å². The minimum Gasteiger partial charge on any atom is -0.298 e. The van der Waals surface area contributed by atoms with Gasteiger partial charge in [0.2, 0.25) is 0 Å². The van der Waals surface area contributed by atoms with Crippen LogP contribution in [0.15, 0.2) is 0 Å². The summed E-state index contributed by atoms with van der Waals surface area (Å²) >= 11 is 0. The number of carbonyl (C=O) groups excluding carboxylic acids is 1. The molecule has 4 nitrogen and oxygen atoms in total. The second-order valence-electron chi connectivity index (χ2n) is 9.78. The first-order valence-electron chi connectivity index (χ1n) is 11.0. The molecule has 0 saturated carbocycles. The Morgan fingerprint density at radius 2 is 0.407 bits per heavy atom. The maximum Gasteiger partial charge on any atom is 0.460 e. The summed E-state index contributed by atoms with van der Waals surface area (Å²) in [6, 6.07) is 0. The van der Waals surface area contributed by atoms with Crippen molar-refractivity contribution in [3.63, 3.8) is 0 Å². The third-order valence-corrected chi connectivity index (χ3v) is 7.54. The third kappa shape index (κ3) is 5.53. The van der Waals surface area contributed by atoms with Crippen molar-refractivity contribution in [2.24, 2.45) is 0 Å². The molecule has 0 fully saturated rings. The van der Waals surface area contributed by atoms with E-state index in [4.69, 9.17) is 4.55 Å². The van der Waals surface area contributed by atoms with Crippen LogP contribution in [0.5, 0.6) is 0 Å². The van der Waals surface area contributed by atoms with Crippen LogP contribution in [0, 0.1) is 0 Å². The fourth-order valence-electron chi connectivity index (χ4n) is 3.05. The molecule has 0 bridgehead atoms. The normalized spacial score (nSPS) is 18.1. The topological polar surface area (TPSA) is 71.4 Å². The van der Waals surface area contributed by atoms with Crippen molar-refractivity contribution in [3.05, 3.63) is 0 Å². The lowest BCUT2D eigenvalue weighted by Crippen LogP contribution is -2.80. The zero-order valence-corrected chi connectivity index (χ0v) is 23.6. The van der Waals surface area contributed by atoms with Crippen LogP contribution in [0.4, 0.5) is 140 Å². The van der Waals surface area contributed by atoms with E-state index in [1.807, 2.05) is 0 Å². The summed E-state index contributed by atoms with van der Waals surface area (Å²) in [5.74, 6) is -138. The average Bonchev–Trinajstić information content (AvgIpc) is 2.93. The predicted molar refractivity (Wildman–Crippen MR) is 96.8 cm³/mol. The number of alkyl halides is 32. The Hall–Kier alpha value is -2.66. The highest BCUT2D eigenvalue weighted by Gasteiger charge is 3.02. The molecule has 1 atom stereocenters. The van der Waals surface area contributed by atoms with Crippen molar-refractivity contribution in [2.45, 2.75) is 94.1 Å². The number of hydrogen-bond acceptors (Lipinski definition) is 3. The molecule has 54 heavy (non-hydrogen) atoms. The molecule has 1 unspecified atom stereocenters. The lowest BCUT2D eigenvalue weighted by molar-refractivity contribution is -0.489. The summed E-state index contributed by atoms with van der Waals surface area (Å²) in [5, 5.41) is -7.57. The largest absolute Gasteiger partial charge is 0.460 e. The maximum atomic E-state index is 13.9. The van der Waals surface area contributed by atoms with E-state index in [0.29, 0.717) is 0 Å². The van der Waals surface area contributed by atoms with Crippen LogP contribution in [-0.2, 0) is 14.9 Å². The molecule has 0 heterocycles. The smallest absolute Gasteiger partial charge is 0.298 e. The van der Waals surface area contributed by atoms with Crippen LogP contribution in [0.25, 0.3) is 0 Å². The highest BCUT2D eigenvalue weighted by molar-refractivity contribution is 7.87. The van der Waals surface area contributed by atoms with Gasteiger partial charge < -0.3 is 0 Å². The monoisotopic (exact) mass is 910 g/mol. The molecule has 1 N–H and O–H groups in total. The predicted octanol–water partition coefficient (Wildman–Crippen LogP) is 9.20. The number of hydrogen-bond donors (Lipinski definition) is 1. The molecule has 0 aliphatic carbocycles. The summed E-state index contributed by atoms with van der Waals surface area (Å²) < 4.78 is 460. The summed E-state index contributed by atoms with van der Waals surface area (Å²) in [6.07, 6.45) is -11.4. The lowest BCUT2D eigenvalue weighted by atomic mass is 9.83. The number of aldehydes is 1. The fourth-order valence-corrected chi connectivity index (χ4v) is 3.63. The first-order valence-corrected chi connectivity index (χ1v) is 12.5. The van der Waals surface area contributed by atoms with Crippen LogP contribution in [-0.4, -0.2) is 113 Å². The van der Waals surface area contributed by atoms with E-state index >= 15 is 0 Å². The van der Waals surface area contributed by atoms with E-state index in [1.165, 1.54) is 0 Å². The van der Waals surface area contributed by atoms with E-state index in [2.05, 4.69) is 0 Å². The molecular weight excluding hydrogens is 908 g/mol. The minimum atomic E-state index is -10.3. The lowest BCUT2D eigenvalue weighted by Gasteiger charge is -2.46. The molecule has 0 aromatic carbocycles. The molecule has 0 spiro atoms. The van der Waals surface area contributed by atoms with Crippen molar-refractivity contribution < 1.29 is 158 Å². The van der Waals surface area contributed by atoms with Gasteiger partial charge in [0.15, 0.2) is 6.29 Å². The number of rotatable bonds is 16. The maximum absolute atomic E-state index is 13.9. The Balaban J connectivity index is 7.87. The Bertz CT molecular complexity index is 1540. The molecule has 0 saturated heterocycles. The molecular formula is C17H2F32O4S. The summed E-state index contributed by atoms with van der Waals surface area (Å²) in [4.78, 5) is 10.2. The van der Waals surface area contributed by atoms with Gasteiger partial charge in [-0.05, 0) is 0 Å². The first-order chi connectivity index (χ1) is 22.6. The molecule has 0 amide bonds. The Labute approximate surface area is 270 Å². The summed E-state index contributed by atoms with van der Waals surface area (Å²) in [7, 11) is -8.16. The number of halogens is 32. The van der Waals surface area contributed by atoms with Crippen LogP contribution < -0.4 is 0 Å². The molecule has 0 rings (SSSR count). The van der Waals surface area contributed by atoms with Crippen molar-refractivity contribution >= 4 is 16.4 Å². The quantitative estimate of drug-likeness (QED) is 0.0954. The standard InChI is InChI=1S/C17H2F32O4S/c18-2(1-50,54(51,52)53)3(19,20)4(21,22)5(23,24)6(25,26)7(27,28)8(29,30)9(31,32)10(33,34)11(35,36)12(37,38)13(39,40)14(41,42)15(43,44)16(45,46)17(47,48)49/h1H,(H,51,52,53). The second-order valence-corrected chi connectivity index (χ2v) is 11.3. The van der Waals surface area contributed by atoms with Gasteiger partial charge in [0.1, 0.15) is 0 Å². The fraction of sp³-hybridized carbons (Fsp3) is 0.941. The van der Waals surface area contributed by atoms with Gasteiger partial charge in [-0.25, -0.2) is 4.39 Å². The van der Waals surface area contributed by atoms with Gasteiger partial charge >= 0.3 is 104 Å². The van der Waals surface area contributed by atoms with Crippen LogP contribution in [0.3, 0.4) is 0 Å².